The normalized spacial score (nSPS) is 25.9. The molecule has 0 aliphatic carbocycles. The van der Waals surface area contributed by atoms with Crippen LogP contribution in [-0.4, -0.2) is 24.5 Å². The lowest BCUT2D eigenvalue weighted by Crippen LogP contribution is -2.49. The maximum atomic E-state index is 13.5. The van der Waals surface area contributed by atoms with E-state index in [1.807, 2.05) is 6.07 Å². The van der Waals surface area contributed by atoms with Gasteiger partial charge in [0.05, 0.1) is 27.6 Å². The number of nitrogens with two attached hydrogens (primary N) is 1. The van der Waals surface area contributed by atoms with E-state index in [-0.39, 0.29) is 17.0 Å². The maximum absolute atomic E-state index is 13.5. The molecule has 0 unspecified atom stereocenters. The summed E-state index contributed by atoms with van der Waals surface area (Å²) in [5.41, 5.74) is 4.76. The Balaban J connectivity index is 2.19. The molecule has 7 nitrogen and oxygen atoms in total. The SMILES string of the molecule is CN1C(=O)[C@]2(C(C#N)=C(N)NC3=C2C(=O)OC3(C)C)c2cccc(Cl)c21. The van der Waals surface area contributed by atoms with Crippen molar-refractivity contribution in [3.05, 3.63) is 51.4 Å². The van der Waals surface area contributed by atoms with Gasteiger partial charge in [-0.3, -0.25) is 4.79 Å². The van der Waals surface area contributed by atoms with E-state index in [1.165, 1.54) is 4.90 Å². The predicted octanol–water partition coefficient (Wildman–Crippen LogP) is 1.44. The smallest absolute Gasteiger partial charge is 0.338 e. The molecule has 1 aromatic rings. The fraction of sp³-hybridized carbons (Fsp3) is 0.278. The van der Waals surface area contributed by atoms with E-state index in [9.17, 15) is 14.9 Å². The Morgan fingerprint density at radius 2 is 2.04 bits per heavy atom. The number of cyclic esters (lactones) is 1. The fourth-order valence-corrected chi connectivity index (χ4v) is 4.37. The number of carbonyl (C=O) groups excluding carboxylic acids is 2. The maximum Gasteiger partial charge on any atom is 0.338 e. The van der Waals surface area contributed by atoms with Crippen molar-refractivity contribution in [2.45, 2.75) is 24.9 Å². The van der Waals surface area contributed by atoms with Crippen LogP contribution in [0.25, 0.3) is 0 Å². The van der Waals surface area contributed by atoms with Crippen LogP contribution in [0.2, 0.25) is 5.02 Å². The fourth-order valence-electron chi connectivity index (χ4n) is 4.07. The van der Waals surface area contributed by atoms with Crippen LogP contribution in [0.5, 0.6) is 0 Å². The van der Waals surface area contributed by atoms with Crippen molar-refractivity contribution in [2.24, 2.45) is 5.73 Å². The van der Waals surface area contributed by atoms with Crippen molar-refractivity contribution >= 4 is 29.2 Å². The monoisotopic (exact) mass is 370 g/mol. The zero-order valence-corrected chi connectivity index (χ0v) is 15.1. The van der Waals surface area contributed by atoms with E-state index in [4.69, 9.17) is 22.1 Å². The molecule has 3 N–H and O–H groups in total. The first-order valence-electron chi connectivity index (χ1n) is 7.91. The van der Waals surface area contributed by atoms with E-state index in [0.29, 0.717) is 22.0 Å². The topological polar surface area (TPSA) is 108 Å². The third kappa shape index (κ3) is 1.62. The molecule has 8 heteroatoms. The number of esters is 1. The molecule has 1 amide bonds. The van der Waals surface area contributed by atoms with E-state index >= 15 is 0 Å². The number of benzene rings is 1. The summed E-state index contributed by atoms with van der Waals surface area (Å²) < 4.78 is 5.48. The molecule has 0 saturated heterocycles. The van der Waals surface area contributed by atoms with Gasteiger partial charge < -0.3 is 20.7 Å². The number of dihydropyridines is 1. The highest BCUT2D eigenvalue weighted by atomic mass is 35.5. The van der Waals surface area contributed by atoms with E-state index < -0.39 is 22.9 Å². The molecule has 4 rings (SSSR count). The molecule has 0 bridgehead atoms. The van der Waals surface area contributed by atoms with Gasteiger partial charge in [-0.25, -0.2) is 4.79 Å². The Morgan fingerprint density at radius 1 is 1.35 bits per heavy atom. The number of anilines is 1. The summed E-state index contributed by atoms with van der Waals surface area (Å²) in [4.78, 5) is 27.6. The minimum atomic E-state index is -1.67. The van der Waals surface area contributed by atoms with Crippen molar-refractivity contribution in [3.8, 4) is 6.07 Å². The van der Waals surface area contributed by atoms with Gasteiger partial charge in [-0.15, -0.1) is 0 Å². The molecule has 3 aliphatic heterocycles. The van der Waals surface area contributed by atoms with Crippen LogP contribution in [0.4, 0.5) is 5.69 Å². The van der Waals surface area contributed by atoms with Crippen LogP contribution in [0.15, 0.2) is 40.9 Å². The van der Waals surface area contributed by atoms with Crippen molar-refractivity contribution in [3.63, 3.8) is 0 Å². The Labute approximate surface area is 154 Å². The van der Waals surface area contributed by atoms with Crippen LogP contribution in [-0.2, 0) is 19.7 Å². The van der Waals surface area contributed by atoms with Gasteiger partial charge in [0, 0.05) is 12.6 Å². The third-order valence-electron chi connectivity index (χ3n) is 5.15. The zero-order valence-electron chi connectivity index (χ0n) is 14.3. The molecule has 0 fully saturated rings. The Bertz CT molecular complexity index is 1020. The lowest BCUT2D eigenvalue weighted by Gasteiger charge is -2.34. The van der Waals surface area contributed by atoms with Crippen molar-refractivity contribution in [1.29, 1.82) is 5.26 Å². The average molecular weight is 371 g/mol. The van der Waals surface area contributed by atoms with Crippen molar-refractivity contribution < 1.29 is 14.3 Å². The van der Waals surface area contributed by atoms with Gasteiger partial charge >= 0.3 is 5.97 Å². The number of rotatable bonds is 0. The van der Waals surface area contributed by atoms with E-state index in [2.05, 4.69) is 5.32 Å². The molecule has 3 aliphatic rings. The highest BCUT2D eigenvalue weighted by Gasteiger charge is 2.64. The lowest BCUT2D eigenvalue weighted by molar-refractivity contribution is -0.145. The molecule has 0 saturated carbocycles. The molecular weight excluding hydrogens is 356 g/mol. The first-order chi connectivity index (χ1) is 12.2. The molecule has 1 spiro atoms. The number of amides is 1. The number of para-hydroxylation sites is 1. The number of carbonyl (C=O) groups is 2. The van der Waals surface area contributed by atoms with E-state index in [1.54, 1.807) is 39.1 Å². The number of nitrogens with one attached hydrogen (secondary N) is 1. The summed E-state index contributed by atoms with van der Waals surface area (Å²) in [7, 11) is 1.56. The second kappa shape index (κ2) is 4.80. The van der Waals surface area contributed by atoms with Gasteiger partial charge in [-0.05, 0) is 19.9 Å². The molecule has 132 valence electrons. The van der Waals surface area contributed by atoms with Gasteiger partial charge in [0.1, 0.15) is 22.9 Å². The summed E-state index contributed by atoms with van der Waals surface area (Å²) in [6.45, 7) is 3.39. The molecule has 1 aromatic carbocycles. The first-order valence-corrected chi connectivity index (χ1v) is 8.28. The second-order valence-corrected chi connectivity index (χ2v) is 7.33. The van der Waals surface area contributed by atoms with Gasteiger partial charge in [0.2, 0.25) is 5.91 Å². The Morgan fingerprint density at radius 3 is 2.69 bits per heavy atom. The molecule has 0 radical (unpaired) electrons. The summed E-state index contributed by atoms with van der Waals surface area (Å²) in [6, 6.07) is 7.02. The average Bonchev–Trinajstić information content (AvgIpc) is 2.92. The largest absolute Gasteiger partial charge is 0.450 e. The number of nitrogens with zero attached hydrogens (tertiary/aromatic N) is 2. The van der Waals surface area contributed by atoms with Crippen LogP contribution < -0.4 is 16.0 Å². The van der Waals surface area contributed by atoms with Gasteiger partial charge in [-0.2, -0.15) is 5.26 Å². The van der Waals surface area contributed by atoms with Crippen LogP contribution in [0, 0.1) is 11.3 Å². The first kappa shape index (κ1) is 16.5. The second-order valence-electron chi connectivity index (χ2n) is 6.93. The molecule has 26 heavy (non-hydrogen) atoms. The number of nitriles is 1. The minimum Gasteiger partial charge on any atom is -0.450 e. The van der Waals surface area contributed by atoms with Crippen LogP contribution in [0.3, 0.4) is 0 Å². The summed E-state index contributed by atoms with van der Waals surface area (Å²) in [6.07, 6.45) is 0. The van der Waals surface area contributed by atoms with Gasteiger partial charge in [-0.1, -0.05) is 23.7 Å². The van der Waals surface area contributed by atoms with Gasteiger partial charge in [0.25, 0.3) is 0 Å². The molecular formula is C18H15ClN4O3. The van der Waals surface area contributed by atoms with E-state index in [0.717, 1.165) is 0 Å². The number of hydrogen-bond donors (Lipinski definition) is 2. The van der Waals surface area contributed by atoms with Crippen molar-refractivity contribution in [1.82, 2.24) is 5.32 Å². The van der Waals surface area contributed by atoms with Crippen LogP contribution in [0.1, 0.15) is 19.4 Å². The summed E-state index contributed by atoms with van der Waals surface area (Å²) in [5.74, 6) is -1.11. The van der Waals surface area contributed by atoms with Crippen molar-refractivity contribution in [2.75, 3.05) is 11.9 Å². The summed E-state index contributed by atoms with van der Waals surface area (Å²) >= 11 is 6.32. The quantitative estimate of drug-likeness (QED) is 0.669. The predicted molar refractivity (Wildman–Crippen MR) is 93.7 cm³/mol. The Kier molecular flexibility index (Phi) is 3.04. The molecule has 1 atom stereocenters. The number of fused-ring (bicyclic) bond motifs is 3. The number of hydrogen-bond acceptors (Lipinski definition) is 6. The summed E-state index contributed by atoms with van der Waals surface area (Å²) in [5, 5.41) is 13.1. The zero-order chi connectivity index (χ0) is 19.0. The lowest BCUT2D eigenvalue weighted by atomic mass is 9.67. The number of likely N-dealkylation sites (N-methyl/N-ethyl adjacent to an activating group) is 1. The highest BCUT2D eigenvalue weighted by Crippen LogP contribution is 2.57. The molecule has 3 heterocycles. The Hall–Kier alpha value is -2.98. The highest BCUT2D eigenvalue weighted by molar-refractivity contribution is 6.35. The molecule has 0 aromatic heterocycles. The number of ether oxygens (including phenoxy) is 1. The third-order valence-corrected chi connectivity index (χ3v) is 5.45. The number of halogens is 1. The van der Waals surface area contributed by atoms with Crippen LogP contribution >= 0.6 is 11.6 Å². The standard InChI is InChI=1S/C18H15ClN4O3/c1-17(2)13-11(15(24)26-17)18(9(7-20)14(21)22-13)8-5-4-6-10(19)12(8)23(3)16(18)25/h4-6,22H,21H2,1-3H3/t18-/m0/s1. The minimum absolute atomic E-state index is 0.0206. The van der Waals surface area contributed by atoms with Gasteiger partial charge in [0.15, 0.2) is 0 Å².